The van der Waals surface area contributed by atoms with Crippen molar-refractivity contribution in [2.24, 2.45) is 0 Å². The molecule has 15 heteroatoms. The number of hydrogen-bond acceptors (Lipinski definition) is 5. The van der Waals surface area contributed by atoms with E-state index in [1.54, 1.807) is 0 Å². The Morgan fingerprint density at radius 2 is 0.789 bits per heavy atom. The summed E-state index contributed by atoms with van der Waals surface area (Å²) in [5.74, 6) is 0. The summed E-state index contributed by atoms with van der Waals surface area (Å²) in [6, 6.07) is 0. The van der Waals surface area contributed by atoms with Gasteiger partial charge >= 0.3 is 31.2 Å². The van der Waals surface area contributed by atoms with Crippen molar-refractivity contribution >= 4 is 68.4 Å². The van der Waals surface area contributed by atoms with Gasteiger partial charge in [0.25, 0.3) is 0 Å². The van der Waals surface area contributed by atoms with Crippen molar-refractivity contribution in [3.8, 4) is 0 Å². The second-order valence-corrected chi connectivity index (χ2v) is 25.4. The van der Waals surface area contributed by atoms with Crippen molar-refractivity contribution < 1.29 is 23.7 Å². The number of rotatable bonds is 0. The second-order valence-electron chi connectivity index (χ2n) is 9.96. The summed E-state index contributed by atoms with van der Waals surface area (Å²) < 4.78 is 49.7. The molecule has 4 aliphatic heterocycles. The molecule has 0 aromatic carbocycles. The maximum atomic E-state index is 11.2. The Labute approximate surface area is 245 Å². The van der Waals surface area contributed by atoms with Crippen molar-refractivity contribution in [3.63, 3.8) is 0 Å². The van der Waals surface area contributed by atoms with E-state index in [9.17, 15) is 18.3 Å². The van der Waals surface area contributed by atoms with Gasteiger partial charge in [0.15, 0.2) is 24.6 Å². The fourth-order valence-electron chi connectivity index (χ4n) is 4.55. The first-order chi connectivity index (χ1) is 17.8. The standard InChI is InChI=1S/C9H20N2P2S2.2C7H14O2P2.H2O/c1-10-12-6-4-3-5-7-13(9-8-12)11(2)15(10)14;2*8-10-4-2-1-3-5-11(9)7-6-10;/h3-9H2,1-2H3;2*1-7H2;1H2/q;2*+2;. The van der Waals surface area contributed by atoms with Gasteiger partial charge in [-0.15, -0.1) is 0 Å². The normalized spacial score (nSPS) is 32.6. The van der Waals surface area contributed by atoms with Gasteiger partial charge < -0.3 is 5.48 Å². The van der Waals surface area contributed by atoms with E-state index < -0.39 is 31.2 Å². The minimum absolute atomic E-state index is 0. The minimum atomic E-state index is -1.01. The van der Waals surface area contributed by atoms with E-state index in [2.05, 4.69) is 22.2 Å². The predicted octanol–water partition coefficient (Wildman–Crippen LogP) is 7.58. The molecule has 7 nitrogen and oxygen atoms in total. The highest BCUT2D eigenvalue weighted by Gasteiger charge is 2.30. The van der Waals surface area contributed by atoms with E-state index in [-0.39, 0.29) is 31.4 Å². The van der Waals surface area contributed by atoms with Crippen LogP contribution < -0.4 is 0 Å². The maximum Gasteiger partial charge on any atom is 0.343 e. The lowest BCUT2D eigenvalue weighted by atomic mass is 10.3. The molecule has 2 bridgehead atoms. The summed E-state index contributed by atoms with van der Waals surface area (Å²) in [5.41, 5.74) is 0. The van der Waals surface area contributed by atoms with Crippen LogP contribution in [0.3, 0.4) is 0 Å². The van der Waals surface area contributed by atoms with Crippen LogP contribution in [0.15, 0.2) is 0 Å². The zero-order valence-corrected chi connectivity index (χ0v) is 30.4. The number of fused-ring (bicyclic) bond motifs is 3. The molecule has 0 aliphatic carbocycles. The SMILES string of the molecule is CN1P2CCCCCP(CC2)N(C)S1=S.O.O=[P+]1CCCCC[P+](=O)CC1.O=[P+]1CCCCC[P+](=O)CC1. The van der Waals surface area contributed by atoms with E-state index >= 15 is 0 Å². The lowest BCUT2D eigenvalue weighted by molar-refractivity contribution is 0.583. The fraction of sp³-hybridized carbons (Fsp3) is 1.00. The highest BCUT2D eigenvalue weighted by Crippen LogP contribution is 2.54. The number of hydrogen-bond donors (Lipinski definition) is 0. The summed E-state index contributed by atoms with van der Waals surface area (Å²) >= 11 is 5.69. The van der Waals surface area contributed by atoms with Crippen molar-refractivity contribution in [2.45, 2.75) is 57.8 Å². The van der Waals surface area contributed by atoms with E-state index in [1.165, 1.54) is 43.9 Å². The lowest BCUT2D eigenvalue weighted by Crippen LogP contribution is -2.26. The Kier molecular flexibility index (Phi) is 22.1. The second kappa shape index (κ2) is 22.3. The Morgan fingerprint density at radius 1 is 0.500 bits per heavy atom. The van der Waals surface area contributed by atoms with Crippen molar-refractivity contribution in [3.05, 3.63) is 0 Å². The molecular weight excluding hydrogens is 634 g/mol. The Morgan fingerprint density at radius 3 is 1.11 bits per heavy atom. The van der Waals surface area contributed by atoms with E-state index in [1.807, 2.05) is 0 Å². The van der Waals surface area contributed by atoms with Crippen LogP contribution in [0.1, 0.15) is 57.8 Å². The molecule has 4 fully saturated rings. The fourth-order valence-corrected chi connectivity index (χ4v) is 21.3. The van der Waals surface area contributed by atoms with Crippen LogP contribution in [0.5, 0.6) is 0 Å². The summed E-state index contributed by atoms with van der Waals surface area (Å²) in [6.45, 7) is 0. The molecule has 0 amide bonds. The van der Waals surface area contributed by atoms with Crippen LogP contribution in [-0.2, 0) is 39.3 Å². The van der Waals surface area contributed by atoms with Crippen LogP contribution in [-0.4, -0.2) is 102 Å². The highest BCUT2D eigenvalue weighted by molar-refractivity contribution is 8.29. The predicted molar refractivity (Wildman–Crippen MR) is 178 cm³/mol. The molecule has 0 spiro atoms. The molecule has 4 aliphatic rings. The third-order valence-corrected chi connectivity index (χ3v) is 24.2. The molecule has 0 radical (unpaired) electrons. The van der Waals surface area contributed by atoms with Gasteiger partial charge in [0, 0.05) is 23.9 Å². The lowest BCUT2D eigenvalue weighted by Gasteiger charge is -2.32. The van der Waals surface area contributed by atoms with Gasteiger partial charge in [-0.05, 0) is 103 Å². The average molecular weight is 685 g/mol. The molecule has 0 saturated carbocycles. The quantitative estimate of drug-likeness (QED) is 0.242. The first-order valence-corrected chi connectivity index (χ1v) is 25.8. The maximum absolute atomic E-state index is 11.2. The summed E-state index contributed by atoms with van der Waals surface area (Å²) in [4.78, 5) is 0. The average Bonchev–Trinajstić information content (AvgIpc) is 3.06. The smallest absolute Gasteiger partial charge is 0.343 e. The van der Waals surface area contributed by atoms with Gasteiger partial charge in [0.05, 0.1) is 0 Å². The Bertz CT molecular complexity index is 701. The van der Waals surface area contributed by atoms with Gasteiger partial charge in [0.2, 0.25) is 0 Å². The molecule has 0 aromatic heterocycles. The van der Waals surface area contributed by atoms with Crippen LogP contribution in [0, 0.1) is 0 Å². The molecule has 4 saturated heterocycles. The van der Waals surface area contributed by atoms with Crippen molar-refractivity contribution in [2.75, 3.05) is 88.0 Å². The summed E-state index contributed by atoms with van der Waals surface area (Å²) in [5, 5.41) is 0. The summed E-state index contributed by atoms with van der Waals surface area (Å²) in [7, 11) is 0.653. The van der Waals surface area contributed by atoms with Crippen LogP contribution in [0.2, 0.25) is 0 Å². The third kappa shape index (κ3) is 15.8. The first-order valence-electron chi connectivity index (χ1n) is 13.9. The molecule has 4 heterocycles. The van der Waals surface area contributed by atoms with Gasteiger partial charge in [-0.25, -0.2) is 8.15 Å². The third-order valence-electron chi connectivity index (χ3n) is 7.03. The van der Waals surface area contributed by atoms with Gasteiger partial charge in [-0.2, -0.15) is 0 Å². The van der Waals surface area contributed by atoms with Crippen LogP contribution in [0.25, 0.3) is 0 Å². The summed E-state index contributed by atoms with van der Waals surface area (Å²) in [6.07, 6.45) is 22.8. The number of nitrogens with zero attached hydrogens (tertiary/aromatic N) is 2. The molecule has 2 N–H and O–H groups in total. The minimum Gasteiger partial charge on any atom is -0.412 e. The molecule has 220 valence electrons. The topological polar surface area (TPSA) is 106 Å². The molecule has 0 aromatic rings. The largest absolute Gasteiger partial charge is 0.412 e. The van der Waals surface area contributed by atoms with Crippen LogP contribution in [0.4, 0.5) is 0 Å². The molecule has 6 unspecified atom stereocenters. The molecular formula is C23H50N2O5P6S2+4. The Hall–Kier alpha value is 1.71. The van der Waals surface area contributed by atoms with Crippen molar-refractivity contribution in [1.82, 2.24) is 8.15 Å². The molecule has 4 rings (SSSR count). The zero-order valence-electron chi connectivity index (χ0n) is 23.4. The van der Waals surface area contributed by atoms with E-state index in [4.69, 9.17) is 11.2 Å². The zero-order chi connectivity index (χ0) is 27.0. The van der Waals surface area contributed by atoms with Crippen molar-refractivity contribution in [1.29, 1.82) is 0 Å². The monoisotopic (exact) mass is 684 g/mol. The highest BCUT2D eigenvalue weighted by atomic mass is 32.8. The first kappa shape index (κ1) is 37.7. The van der Waals surface area contributed by atoms with Crippen LogP contribution >= 0.6 is 47.3 Å². The molecule has 38 heavy (non-hydrogen) atoms. The van der Waals surface area contributed by atoms with E-state index in [0.717, 1.165) is 63.2 Å². The van der Waals surface area contributed by atoms with Gasteiger partial charge in [-0.3, -0.25) is 0 Å². The Balaban J connectivity index is 0.000000287. The van der Waals surface area contributed by atoms with E-state index in [0.29, 0.717) is 24.6 Å². The van der Waals surface area contributed by atoms with Gasteiger partial charge in [0.1, 0.15) is 24.6 Å². The van der Waals surface area contributed by atoms with Gasteiger partial charge in [-0.1, -0.05) is 24.7 Å². The molecule has 6 atom stereocenters.